The monoisotopic (exact) mass is 304 g/mol. The molecule has 1 aromatic rings. The van der Waals surface area contributed by atoms with Crippen molar-refractivity contribution in [3.8, 4) is 0 Å². The van der Waals surface area contributed by atoms with E-state index >= 15 is 0 Å². The van der Waals surface area contributed by atoms with Gasteiger partial charge in [-0.1, -0.05) is 30.3 Å². The topological polar surface area (TPSA) is 95.5 Å². The Morgan fingerprint density at radius 1 is 1.23 bits per heavy atom. The van der Waals surface area contributed by atoms with E-state index in [1.165, 1.54) is 6.92 Å². The summed E-state index contributed by atoms with van der Waals surface area (Å²) in [7, 11) is 0. The van der Waals surface area contributed by atoms with Crippen molar-refractivity contribution in [2.24, 2.45) is 5.41 Å². The second-order valence-corrected chi connectivity index (χ2v) is 5.73. The largest absolute Gasteiger partial charge is 0.481 e. The molecule has 118 valence electrons. The van der Waals surface area contributed by atoms with Crippen LogP contribution in [0.3, 0.4) is 0 Å². The number of carboxylic acid groups (broad SMARTS) is 1. The Labute approximate surface area is 128 Å². The SMILES string of the molecule is CC(=O)NC(CC(=O)NCC1(C(=O)O)CC1)c1ccccc1. The van der Waals surface area contributed by atoms with Crippen LogP contribution >= 0.6 is 0 Å². The zero-order chi connectivity index (χ0) is 16.2. The van der Waals surface area contributed by atoms with Gasteiger partial charge in [-0.25, -0.2) is 0 Å². The molecule has 1 atom stereocenters. The van der Waals surface area contributed by atoms with Crippen molar-refractivity contribution in [2.75, 3.05) is 6.54 Å². The predicted molar refractivity (Wildman–Crippen MR) is 79.9 cm³/mol. The summed E-state index contributed by atoms with van der Waals surface area (Å²) < 4.78 is 0. The highest BCUT2D eigenvalue weighted by Gasteiger charge is 2.50. The van der Waals surface area contributed by atoms with E-state index in [-0.39, 0.29) is 24.8 Å². The van der Waals surface area contributed by atoms with Gasteiger partial charge in [0.1, 0.15) is 0 Å². The lowest BCUT2D eigenvalue weighted by atomic mass is 10.0. The van der Waals surface area contributed by atoms with Gasteiger partial charge in [-0.15, -0.1) is 0 Å². The average molecular weight is 304 g/mol. The zero-order valence-corrected chi connectivity index (χ0v) is 12.5. The molecule has 2 rings (SSSR count). The van der Waals surface area contributed by atoms with Crippen LogP contribution in [0.1, 0.15) is 37.8 Å². The third-order valence-electron chi connectivity index (χ3n) is 3.90. The van der Waals surface area contributed by atoms with Crippen molar-refractivity contribution < 1.29 is 19.5 Å². The molecular weight excluding hydrogens is 284 g/mol. The molecule has 1 unspecified atom stereocenters. The second-order valence-electron chi connectivity index (χ2n) is 5.73. The zero-order valence-electron chi connectivity index (χ0n) is 12.5. The first-order valence-electron chi connectivity index (χ1n) is 7.25. The summed E-state index contributed by atoms with van der Waals surface area (Å²) in [6.07, 6.45) is 1.27. The van der Waals surface area contributed by atoms with Crippen LogP contribution in [0, 0.1) is 5.41 Å². The van der Waals surface area contributed by atoms with Crippen LogP contribution in [0.5, 0.6) is 0 Å². The fourth-order valence-electron chi connectivity index (χ4n) is 2.33. The van der Waals surface area contributed by atoms with Crippen molar-refractivity contribution in [2.45, 2.75) is 32.2 Å². The highest BCUT2D eigenvalue weighted by Crippen LogP contribution is 2.45. The molecule has 6 heteroatoms. The average Bonchev–Trinajstić information content (AvgIpc) is 3.26. The van der Waals surface area contributed by atoms with Crippen LogP contribution in [-0.2, 0) is 14.4 Å². The van der Waals surface area contributed by atoms with Gasteiger partial charge in [0.05, 0.1) is 17.9 Å². The Morgan fingerprint density at radius 3 is 2.36 bits per heavy atom. The molecule has 0 bridgehead atoms. The van der Waals surface area contributed by atoms with Crippen molar-refractivity contribution in [1.29, 1.82) is 0 Å². The van der Waals surface area contributed by atoms with E-state index in [0.717, 1.165) is 5.56 Å². The first-order valence-corrected chi connectivity index (χ1v) is 7.25. The van der Waals surface area contributed by atoms with Gasteiger partial charge in [0.2, 0.25) is 11.8 Å². The van der Waals surface area contributed by atoms with Crippen molar-refractivity contribution >= 4 is 17.8 Å². The van der Waals surface area contributed by atoms with Gasteiger partial charge in [0, 0.05) is 13.5 Å². The summed E-state index contributed by atoms with van der Waals surface area (Å²) >= 11 is 0. The minimum atomic E-state index is -0.866. The van der Waals surface area contributed by atoms with E-state index in [0.29, 0.717) is 12.8 Å². The quantitative estimate of drug-likeness (QED) is 0.706. The maximum absolute atomic E-state index is 12.0. The van der Waals surface area contributed by atoms with Crippen molar-refractivity contribution in [1.82, 2.24) is 10.6 Å². The van der Waals surface area contributed by atoms with Gasteiger partial charge in [-0.2, -0.15) is 0 Å². The molecule has 22 heavy (non-hydrogen) atoms. The maximum atomic E-state index is 12.0. The number of benzene rings is 1. The minimum absolute atomic E-state index is 0.0826. The molecule has 1 aliphatic rings. The lowest BCUT2D eigenvalue weighted by Gasteiger charge is -2.19. The van der Waals surface area contributed by atoms with E-state index in [4.69, 9.17) is 5.11 Å². The molecule has 0 spiro atoms. The number of hydrogen-bond donors (Lipinski definition) is 3. The summed E-state index contributed by atoms with van der Waals surface area (Å²) in [5.41, 5.74) is 0.0542. The number of carboxylic acids is 1. The van der Waals surface area contributed by atoms with E-state index in [1.807, 2.05) is 30.3 Å². The summed E-state index contributed by atoms with van der Waals surface area (Å²) in [4.78, 5) is 34.4. The molecule has 1 saturated carbocycles. The Kier molecular flexibility index (Phi) is 4.80. The van der Waals surface area contributed by atoms with Gasteiger partial charge < -0.3 is 15.7 Å². The lowest BCUT2D eigenvalue weighted by molar-refractivity contribution is -0.143. The molecule has 0 saturated heterocycles. The number of carbonyl (C=O) groups is 3. The molecule has 0 aromatic heterocycles. The molecule has 0 radical (unpaired) electrons. The molecule has 1 aliphatic carbocycles. The summed E-state index contributed by atoms with van der Waals surface area (Å²) in [5.74, 6) is -1.35. The molecular formula is C16H20N2O4. The first kappa shape index (κ1) is 16.0. The van der Waals surface area contributed by atoms with Gasteiger partial charge in [-0.3, -0.25) is 14.4 Å². The van der Waals surface area contributed by atoms with Crippen LogP contribution in [-0.4, -0.2) is 29.4 Å². The molecule has 1 aromatic carbocycles. The van der Waals surface area contributed by atoms with E-state index in [2.05, 4.69) is 10.6 Å². The number of carbonyl (C=O) groups excluding carboxylic acids is 2. The van der Waals surface area contributed by atoms with Gasteiger partial charge in [-0.05, 0) is 18.4 Å². The van der Waals surface area contributed by atoms with Gasteiger partial charge in [0.25, 0.3) is 0 Å². The van der Waals surface area contributed by atoms with Gasteiger partial charge in [0.15, 0.2) is 0 Å². The fourth-order valence-corrected chi connectivity index (χ4v) is 2.33. The highest BCUT2D eigenvalue weighted by molar-refractivity contribution is 5.82. The van der Waals surface area contributed by atoms with E-state index < -0.39 is 17.4 Å². The van der Waals surface area contributed by atoms with Crippen LogP contribution in [0.2, 0.25) is 0 Å². The summed E-state index contributed by atoms with van der Waals surface area (Å²) in [6.45, 7) is 1.54. The number of aliphatic carboxylic acids is 1. The number of amides is 2. The normalized spacial score (nSPS) is 16.4. The Bertz CT molecular complexity index is 567. The molecule has 0 aliphatic heterocycles. The molecule has 3 N–H and O–H groups in total. The van der Waals surface area contributed by atoms with Crippen LogP contribution < -0.4 is 10.6 Å². The minimum Gasteiger partial charge on any atom is -0.481 e. The number of rotatable bonds is 7. The smallest absolute Gasteiger partial charge is 0.311 e. The fraction of sp³-hybridized carbons (Fsp3) is 0.438. The molecule has 1 fully saturated rings. The summed E-state index contributed by atoms with van der Waals surface area (Å²) in [5, 5.41) is 14.5. The van der Waals surface area contributed by atoms with E-state index in [9.17, 15) is 14.4 Å². The maximum Gasteiger partial charge on any atom is 0.311 e. The van der Waals surface area contributed by atoms with Crippen molar-refractivity contribution in [3.63, 3.8) is 0 Å². The lowest BCUT2D eigenvalue weighted by Crippen LogP contribution is -2.37. The Morgan fingerprint density at radius 2 is 1.86 bits per heavy atom. The van der Waals surface area contributed by atoms with Gasteiger partial charge >= 0.3 is 5.97 Å². The highest BCUT2D eigenvalue weighted by atomic mass is 16.4. The van der Waals surface area contributed by atoms with Crippen LogP contribution in [0.4, 0.5) is 0 Å². The first-order chi connectivity index (χ1) is 10.4. The Hall–Kier alpha value is -2.37. The van der Waals surface area contributed by atoms with Crippen LogP contribution in [0.25, 0.3) is 0 Å². The third kappa shape index (κ3) is 4.07. The number of nitrogens with one attached hydrogen (secondary N) is 2. The second kappa shape index (κ2) is 6.60. The molecule has 0 heterocycles. The predicted octanol–water partition coefficient (Wildman–Crippen LogP) is 1.23. The molecule has 2 amide bonds. The Balaban J connectivity index is 1.94. The summed E-state index contributed by atoms with van der Waals surface area (Å²) in [6, 6.07) is 8.80. The van der Waals surface area contributed by atoms with E-state index in [1.54, 1.807) is 0 Å². The van der Waals surface area contributed by atoms with Crippen molar-refractivity contribution in [3.05, 3.63) is 35.9 Å². The van der Waals surface area contributed by atoms with Crippen LogP contribution in [0.15, 0.2) is 30.3 Å². The number of hydrogen-bond acceptors (Lipinski definition) is 3. The standard InChI is InChI=1S/C16H20N2O4/c1-11(19)18-13(12-5-3-2-4-6-12)9-14(20)17-10-16(7-8-16)15(21)22/h2-6,13H,7-10H2,1H3,(H,17,20)(H,18,19)(H,21,22). The molecule has 6 nitrogen and oxygen atoms in total. The third-order valence-corrected chi connectivity index (χ3v) is 3.90.